The molecule has 0 heterocycles. The normalized spacial score (nSPS) is 11.5. The van der Waals surface area contributed by atoms with E-state index in [4.69, 9.17) is 0 Å². The van der Waals surface area contributed by atoms with Crippen LogP contribution in [0, 0.1) is 17.7 Å². The Hall–Kier alpha value is -1.75. The third kappa shape index (κ3) is 2.41. The van der Waals surface area contributed by atoms with Crippen molar-refractivity contribution in [3.05, 3.63) is 54.1 Å². The van der Waals surface area contributed by atoms with Gasteiger partial charge in [-0.3, -0.25) is 0 Å². The van der Waals surface area contributed by atoms with Crippen molar-refractivity contribution in [2.75, 3.05) is 6.26 Å². The van der Waals surface area contributed by atoms with Crippen molar-refractivity contribution in [1.82, 2.24) is 0 Å². The predicted octanol–water partition coefficient (Wildman–Crippen LogP) is 2.84. The van der Waals surface area contributed by atoms with Gasteiger partial charge in [-0.15, -0.1) is 0 Å². The van der Waals surface area contributed by atoms with Gasteiger partial charge in [0.1, 0.15) is 11.6 Å². The van der Waals surface area contributed by atoms with Crippen LogP contribution in [0.3, 0.4) is 0 Å². The van der Waals surface area contributed by atoms with Gasteiger partial charge in [0.15, 0.2) is 9.84 Å². The number of hydrogen-bond donors (Lipinski definition) is 0. The van der Waals surface area contributed by atoms with E-state index < -0.39 is 21.5 Å². The van der Waals surface area contributed by atoms with Crippen LogP contribution in [0.2, 0.25) is 0 Å². The fourth-order valence-electron chi connectivity index (χ4n) is 1.59. The minimum absolute atomic E-state index is 0.0948. The molecule has 2 aromatic rings. The van der Waals surface area contributed by atoms with Gasteiger partial charge < -0.3 is 0 Å². The zero-order chi connectivity index (χ0) is 13.3. The molecule has 2 aromatic carbocycles. The molecule has 0 atom stereocenters. The molecule has 1 radical (unpaired) electrons. The predicted molar refractivity (Wildman–Crippen MR) is 63.7 cm³/mol. The van der Waals surface area contributed by atoms with Gasteiger partial charge in [-0.05, 0) is 23.8 Å². The van der Waals surface area contributed by atoms with Crippen molar-refractivity contribution >= 4 is 9.84 Å². The number of sulfone groups is 1. The quantitative estimate of drug-likeness (QED) is 0.838. The molecule has 93 valence electrons. The van der Waals surface area contributed by atoms with Crippen molar-refractivity contribution < 1.29 is 17.2 Å². The fourth-order valence-corrected chi connectivity index (χ4v) is 2.21. The SMILES string of the molecule is CS(=O)(=O)c1[c]ccc(-c2c(F)cccc2F)c1. The second-order valence-corrected chi connectivity index (χ2v) is 5.79. The first-order valence-electron chi connectivity index (χ1n) is 5.06. The summed E-state index contributed by atoms with van der Waals surface area (Å²) in [6.07, 6.45) is 1.01. The first-order chi connectivity index (χ1) is 8.39. The van der Waals surface area contributed by atoms with Crippen molar-refractivity contribution in [3.63, 3.8) is 0 Å². The maximum Gasteiger partial charge on any atom is 0.176 e. The molecule has 5 heteroatoms. The summed E-state index contributed by atoms with van der Waals surface area (Å²) in [5, 5.41) is 0. The summed E-state index contributed by atoms with van der Waals surface area (Å²) in [5.74, 6) is -1.47. The van der Waals surface area contributed by atoms with E-state index in [1.807, 2.05) is 0 Å². The number of halogens is 2. The summed E-state index contributed by atoms with van der Waals surface area (Å²) < 4.78 is 49.9. The van der Waals surface area contributed by atoms with E-state index in [2.05, 4.69) is 6.07 Å². The largest absolute Gasteiger partial charge is 0.224 e. The van der Waals surface area contributed by atoms with Crippen LogP contribution in [0.1, 0.15) is 0 Å². The van der Waals surface area contributed by atoms with Gasteiger partial charge in [0, 0.05) is 12.3 Å². The van der Waals surface area contributed by atoms with Gasteiger partial charge in [-0.2, -0.15) is 0 Å². The third-order valence-corrected chi connectivity index (χ3v) is 3.46. The fraction of sp³-hybridized carbons (Fsp3) is 0.0769. The molecule has 0 aliphatic heterocycles. The van der Waals surface area contributed by atoms with Crippen LogP contribution in [-0.4, -0.2) is 14.7 Å². The minimum Gasteiger partial charge on any atom is -0.224 e. The van der Waals surface area contributed by atoms with E-state index in [-0.39, 0.29) is 16.0 Å². The summed E-state index contributed by atoms with van der Waals surface area (Å²) >= 11 is 0. The molecular weight excluding hydrogens is 258 g/mol. The molecule has 0 aliphatic carbocycles. The van der Waals surface area contributed by atoms with E-state index in [1.165, 1.54) is 24.3 Å². The summed E-state index contributed by atoms with van der Waals surface area (Å²) in [7, 11) is -3.46. The molecule has 0 fully saturated rings. The monoisotopic (exact) mass is 267 g/mol. The van der Waals surface area contributed by atoms with Crippen LogP contribution in [0.4, 0.5) is 8.78 Å². The molecule has 0 saturated heterocycles. The van der Waals surface area contributed by atoms with Crippen molar-refractivity contribution in [2.45, 2.75) is 4.90 Å². The number of hydrogen-bond acceptors (Lipinski definition) is 2. The average molecular weight is 267 g/mol. The smallest absolute Gasteiger partial charge is 0.176 e. The van der Waals surface area contributed by atoms with Gasteiger partial charge in [-0.1, -0.05) is 18.2 Å². The number of benzene rings is 2. The molecule has 0 N–H and O–H groups in total. The molecule has 2 nitrogen and oxygen atoms in total. The highest BCUT2D eigenvalue weighted by Crippen LogP contribution is 2.27. The maximum absolute atomic E-state index is 13.6. The van der Waals surface area contributed by atoms with Crippen LogP contribution in [-0.2, 0) is 9.84 Å². The van der Waals surface area contributed by atoms with E-state index in [9.17, 15) is 17.2 Å². The Morgan fingerprint density at radius 2 is 1.72 bits per heavy atom. The van der Waals surface area contributed by atoms with E-state index in [0.29, 0.717) is 0 Å². The van der Waals surface area contributed by atoms with Gasteiger partial charge in [-0.25, -0.2) is 17.2 Å². The molecule has 18 heavy (non-hydrogen) atoms. The molecule has 0 spiro atoms. The molecule has 0 bridgehead atoms. The number of rotatable bonds is 2. The van der Waals surface area contributed by atoms with E-state index in [1.54, 1.807) is 0 Å². The summed E-state index contributed by atoms with van der Waals surface area (Å²) in [6.45, 7) is 0. The van der Waals surface area contributed by atoms with Crippen molar-refractivity contribution in [3.8, 4) is 11.1 Å². The molecule has 0 aliphatic rings. The Kier molecular flexibility index (Phi) is 3.17. The van der Waals surface area contributed by atoms with Gasteiger partial charge in [0.05, 0.1) is 10.5 Å². The lowest BCUT2D eigenvalue weighted by Crippen LogP contribution is -1.98. The zero-order valence-corrected chi connectivity index (χ0v) is 10.3. The van der Waals surface area contributed by atoms with Crippen LogP contribution in [0.15, 0.2) is 41.3 Å². The Bertz CT molecular complexity index is 674. The Balaban J connectivity index is 2.66. The lowest BCUT2D eigenvalue weighted by molar-refractivity contribution is 0.589. The standard InChI is InChI=1S/C13H9F2O2S/c1-18(16,17)10-5-2-4-9(8-10)13-11(14)6-3-7-12(13)15/h2-4,6-8H,1H3. The van der Waals surface area contributed by atoms with Crippen molar-refractivity contribution in [1.29, 1.82) is 0 Å². The first kappa shape index (κ1) is 12.7. The second-order valence-electron chi connectivity index (χ2n) is 3.81. The average Bonchev–Trinajstić information content (AvgIpc) is 2.28. The van der Waals surface area contributed by atoms with Crippen LogP contribution in [0.25, 0.3) is 11.1 Å². The lowest BCUT2D eigenvalue weighted by Gasteiger charge is -2.06. The Labute approximate surface area is 104 Å². The lowest BCUT2D eigenvalue weighted by atomic mass is 10.0. The summed E-state index contributed by atoms with van der Waals surface area (Å²) in [4.78, 5) is -0.0948. The summed E-state index contributed by atoms with van der Waals surface area (Å²) in [5.41, 5.74) is -0.0684. The molecule has 2 rings (SSSR count). The van der Waals surface area contributed by atoms with Crippen molar-refractivity contribution in [2.24, 2.45) is 0 Å². The van der Waals surface area contributed by atoms with Gasteiger partial charge >= 0.3 is 0 Å². The maximum atomic E-state index is 13.6. The van der Waals surface area contributed by atoms with Crippen LogP contribution in [0.5, 0.6) is 0 Å². The Morgan fingerprint density at radius 1 is 1.11 bits per heavy atom. The molecule has 0 amide bonds. The highest BCUT2D eigenvalue weighted by molar-refractivity contribution is 7.90. The van der Waals surface area contributed by atoms with Gasteiger partial charge in [0.25, 0.3) is 0 Å². The van der Waals surface area contributed by atoms with Crippen LogP contribution >= 0.6 is 0 Å². The third-order valence-electron chi connectivity index (χ3n) is 2.43. The second kappa shape index (κ2) is 4.49. The highest BCUT2D eigenvalue weighted by atomic mass is 32.2. The minimum atomic E-state index is -3.46. The molecular formula is C13H9F2O2S. The van der Waals surface area contributed by atoms with Crippen LogP contribution < -0.4 is 0 Å². The summed E-state index contributed by atoms with van der Waals surface area (Å²) in [6, 6.07) is 9.96. The van der Waals surface area contributed by atoms with Gasteiger partial charge in [0.2, 0.25) is 0 Å². The van der Waals surface area contributed by atoms with E-state index >= 15 is 0 Å². The highest BCUT2D eigenvalue weighted by Gasteiger charge is 2.14. The molecule has 0 aromatic heterocycles. The molecule has 0 saturated carbocycles. The first-order valence-corrected chi connectivity index (χ1v) is 6.95. The topological polar surface area (TPSA) is 34.1 Å². The molecule has 0 unspecified atom stereocenters. The Morgan fingerprint density at radius 3 is 2.28 bits per heavy atom. The van der Waals surface area contributed by atoms with E-state index in [0.717, 1.165) is 18.4 Å². The zero-order valence-electron chi connectivity index (χ0n) is 9.44.